The van der Waals surface area contributed by atoms with Crippen LogP contribution >= 0.6 is 0 Å². The molecule has 0 bridgehead atoms. The van der Waals surface area contributed by atoms with Crippen LogP contribution in [0.15, 0.2) is 11.1 Å². The van der Waals surface area contributed by atoms with Crippen molar-refractivity contribution >= 4 is 11.1 Å². The van der Waals surface area contributed by atoms with Crippen LogP contribution in [0.3, 0.4) is 0 Å². The van der Waals surface area contributed by atoms with Crippen molar-refractivity contribution in [1.82, 2.24) is 0 Å². The Balaban J connectivity index is 0.000000213. The van der Waals surface area contributed by atoms with E-state index in [4.69, 9.17) is 0 Å². The summed E-state index contributed by atoms with van der Waals surface area (Å²) in [5.41, 5.74) is 24.2. The molecular weight excluding hydrogens is 411 g/mol. The molecule has 0 amide bonds. The minimum absolute atomic E-state index is 0. The van der Waals surface area contributed by atoms with Gasteiger partial charge in [0.1, 0.15) is 0 Å². The topological polar surface area (TPSA) is 0 Å². The third-order valence-electron chi connectivity index (χ3n) is 8.55. The first-order chi connectivity index (χ1) is 13.9. The fourth-order valence-corrected chi connectivity index (χ4v) is 5.46. The molecule has 0 aliphatic heterocycles. The van der Waals surface area contributed by atoms with Gasteiger partial charge in [0.05, 0.1) is 0 Å². The second kappa shape index (κ2) is 9.17. The quantitative estimate of drug-likeness (QED) is 0.376. The molecule has 0 unspecified atom stereocenters. The van der Waals surface area contributed by atoms with Crippen LogP contribution in [0.25, 0.3) is 11.1 Å². The Hall–Kier alpha value is -1.50. The Morgan fingerprint density at radius 1 is 0.355 bits per heavy atom. The minimum atomic E-state index is 0. The maximum Gasteiger partial charge on any atom is 0 e. The predicted molar refractivity (Wildman–Crippen MR) is 135 cm³/mol. The normalized spacial score (nSPS) is 14.3. The fourth-order valence-electron chi connectivity index (χ4n) is 5.46. The molecule has 1 heteroatoms. The first-order valence-electron chi connectivity index (χ1n) is 11.4. The molecule has 31 heavy (non-hydrogen) atoms. The van der Waals surface area contributed by atoms with Crippen molar-refractivity contribution in [3.8, 4) is 0 Å². The zero-order valence-electron chi connectivity index (χ0n) is 21.9. The second-order valence-corrected chi connectivity index (χ2v) is 9.87. The molecule has 165 valence electrons. The van der Waals surface area contributed by atoms with Gasteiger partial charge in [-0.3, -0.25) is 0 Å². The summed E-state index contributed by atoms with van der Waals surface area (Å²) in [7, 11) is 0. The van der Waals surface area contributed by atoms with E-state index in [1.165, 1.54) is 66.8 Å². The molecule has 2 aliphatic rings. The zero-order valence-corrected chi connectivity index (χ0v) is 23.3. The van der Waals surface area contributed by atoms with Gasteiger partial charge in [-0.25, -0.2) is 0 Å². The molecule has 4 rings (SSSR count). The Bertz CT molecular complexity index is 1040. The van der Waals surface area contributed by atoms with E-state index in [2.05, 4.69) is 83.1 Å². The first-order valence-corrected chi connectivity index (χ1v) is 11.4. The van der Waals surface area contributed by atoms with Crippen LogP contribution in [0.1, 0.15) is 94.5 Å². The smallest absolute Gasteiger partial charge is 0 e. The number of rotatable bonds is 0. The van der Waals surface area contributed by atoms with Crippen LogP contribution in [-0.2, 0) is 31.4 Å². The van der Waals surface area contributed by atoms with Gasteiger partial charge in [-0.15, -0.1) is 0 Å². The van der Waals surface area contributed by atoms with E-state index in [0.29, 0.717) is 0 Å². The second-order valence-electron chi connectivity index (χ2n) is 9.87. The van der Waals surface area contributed by atoms with E-state index >= 15 is 0 Å². The molecule has 0 fully saturated rings. The number of allylic oxidation sites excluding steroid dienone is 4. The van der Waals surface area contributed by atoms with Gasteiger partial charge < -0.3 is 0 Å². The van der Waals surface area contributed by atoms with Crippen LogP contribution in [0.2, 0.25) is 0 Å². The van der Waals surface area contributed by atoms with Gasteiger partial charge in [-0.2, -0.15) is 0 Å². The van der Waals surface area contributed by atoms with Gasteiger partial charge in [-0.1, -0.05) is 11.1 Å². The van der Waals surface area contributed by atoms with E-state index in [9.17, 15) is 0 Å². The van der Waals surface area contributed by atoms with Crippen molar-refractivity contribution in [1.29, 1.82) is 0 Å². The summed E-state index contributed by atoms with van der Waals surface area (Å²) < 4.78 is 0. The largest absolute Gasteiger partial charge is 0.0654 e. The molecule has 0 aromatic heterocycles. The molecule has 0 spiro atoms. The number of hydrogen-bond donors (Lipinski definition) is 0. The Labute approximate surface area is 203 Å². The molecule has 2 aromatic rings. The zero-order chi connectivity index (χ0) is 22.7. The molecule has 0 N–H and O–H groups in total. The van der Waals surface area contributed by atoms with Crippen LogP contribution in [0, 0.1) is 55.4 Å². The van der Waals surface area contributed by atoms with Crippen LogP contribution in [0.5, 0.6) is 0 Å². The van der Waals surface area contributed by atoms with Crippen molar-refractivity contribution in [2.45, 2.75) is 95.9 Å². The maximum atomic E-state index is 2.27. The third-order valence-corrected chi connectivity index (χ3v) is 8.55. The molecule has 0 atom stereocenters. The molecule has 0 saturated heterocycles. The van der Waals surface area contributed by atoms with Gasteiger partial charge >= 0.3 is 0 Å². The summed E-state index contributed by atoms with van der Waals surface area (Å²) >= 11 is 0. The molecule has 2 aliphatic carbocycles. The predicted octanol–water partition coefficient (Wildman–Crippen LogP) is 8.54. The summed E-state index contributed by atoms with van der Waals surface area (Å²) in [5.74, 6) is 0. The Kier molecular flexibility index (Phi) is 7.62. The Morgan fingerprint density at radius 2 is 0.613 bits per heavy atom. The van der Waals surface area contributed by atoms with E-state index in [1.807, 2.05) is 0 Å². The van der Waals surface area contributed by atoms with Gasteiger partial charge in [0.25, 0.3) is 0 Å². The molecular formula is C30H40V. The standard InChI is InChI=1S/2C15H20.V/c2*1-8-7-14-12(5)10(3)11(4)13(6)15(14)9(8)2;/h2*7H2,1-6H3;. The molecule has 0 nitrogen and oxygen atoms in total. The molecule has 0 saturated carbocycles. The van der Waals surface area contributed by atoms with Gasteiger partial charge in [0, 0.05) is 18.6 Å². The fraction of sp³-hybridized carbons (Fsp3) is 0.467. The number of hydrogen-bond acceptors (Lipinski definition) is 0. The van der Waals surface area contributed by atoms with Crippen molar-refractivity contribution in [2.24, 2.45) is 0 Å². The summed E-state index contributed by atoms with van der Waals surface area (Å²) in [5, 5.41) is 0. The van der Waals surface area contributed by atoms with Gasteiger partial charge in [-0.05, 0) is 174 Å². The maximum absolute atomic E-state index is 2.27. The van der Waals surface area contributed by atoms with Gasteiger partial charge in [0.2, 0.25) is 0 Å². The van der Waals surface area contributed by atoms with Gasteiger partial charge in [0.15, 0.2) is 0 Å². The summed E-state index contributed by atoms with van der Waals surface area (Å²) in [6.45, 7) is 27.1. The van der Waals surface area contributed by atoms with Crippen molar-refractivity contribution in [2.75, 3.05) is 0 Å². The average Bonchev–Trinajstić information content (AvgIpc) is 3.18. The van der Waals surface area contributed by atoms with Crippen molar-refractivity contribution in [3.05, 3.63) is 77.9 Å². The Morgan fingerprint density at radius 3 is 0.903 bits per heavy atom. The minimum Gasteiger partial charge on any atom is -0.0654 e. The van der Waals surface area contributed by atoms with E-state index in [0.717, 1.165) is 12.8 Å². The third kappa shape index (κ3) is 4.03. The van der Waals surface area contributed by atoms with Crippen LogP contribution < -0.4 is 0 Å². The van der Waals surface area contributed by atoms with E-state index in [1.54, 1.807) is 22.3 Å². The molecule has 1 radical (unpaired) electrons. The van der Waals surface area contributed by atoms with Crippen LogP contribution in [-0.4, -0.2) is 0 Å². The number of fused-ring (bicyclic) bond motifs is 2. The van der Waals surface area contributed by atoms with Crippen molar-refractivity contribution in [3.63, 3.8) is 0 Å². The molecule has 2 aromatic carbocycles. The molecule has 0 heterocycles. The van der Waals surface area contributed by atoms with E-state index < -0.39 is 0 Å². The summed E-state index contributed by atoms with van der Waals surface area (Å²) in [6, 6.07) is 0. The monoisotopic (exact) mass is 451 g/mol. The average molecular weight is 452 g/mol. The summed E-state index contributed by atoms with van der Waals surface area (Å²) in [4.78, 5) is 0. The first kappa shape index (κ1) is 25.8. The number of benzene rings is 2. The van der Waals surface area contributed by atoms with E-state index in [-0.39, 0.29) is 18.6 Å². The summed E-state index contributed by atoms with van der Waals surface area (Å²) in [6.07, 6.45) is 2.32. The SMILES string of the molecule is CC1=C(C)c2c(C)c(C)c(C)c(C)c2C1.CC1=C(C)c2c(C)c(C)c(C)c(C)c2C1.[V]. The van der Waals surface area contributed by atoms with Crippen molar-refractivity contribution < 1.29 is 18.6 Å². The van der Waals surface area contributed by atoms with Crippen LogP contribution in [0.4, 0.5) is 0 Å².